The summed E-state index contributed by atoms with van der Waals surface area (Å²) in [4.78, 5) is 0. The second kappa shape index (κ2) is 4.77. The smallest absolute Gasteiger partial charge is 0.148 e. The van der Waals surface area contributed by atoms with Gasteiger partial charge in [-0.15, -0.1) is 5.10 Å². The van der Waals surface area contributed by atoms with Crippen molar-refractivity contribution in [3.63, 3.8) is 0 Å². The van der Waals surface area contributed by atoms with Crippen LogP contribution in [0.15, 0.2) is 12.1 Å². The van der Waals surface area contributed by atoms with Crippen molar-refractivity contribution in [3.05, 3.63) is 17.8 Å². The third-order valence-corrected chi connectivity index (χ3v) is 1.93. The minimum atomic E-state index is 0.289. The van der Waals surface area contributed by atoms with E-state index in [1.807, 2.05) is 19.1 Å². The normalized spacial score (nSPS) is 12.5. The maximum Gasteiger partial charge on any atom is 0.148 e. The highest BCUT2D eigenvalue weighted by molar-refractivity contribution is 5.34. The number of anilines is 1. The minimum absolute atomic E-state index is 0.289. The summed E-state index contributed by atoms with van der Waals surface area (Å²) in [6, 6.07) is 4.14. The van der Waals surface area contributed by atoms with Gasteiger partial charge in [0.15, 0.2) is 0 Å². The Morgan fingerprint density at radius 1 is 1.46 bits per heavy atom. The first kappa shape index (κ1) is 9.92. The van der Waals surface area contributed by atoms with E-state index in [0.29, 0.717) is 6.54 Å². The van der Waals surface area contributed by atoms with Crippen LogP contribution in [0.4, 0.5) is 5.82 Å². The minimum Gasteiger partial charge on any atom is -0.365 e. The SMILES string of the molecule is CCC(CN)Nc1ccc(C)nn1. The number of nitrogens with zero attached hydrogens (tertiary/aromatic N) is 2. The average molecular weight is 180 g/mol. The van der Waals surface area contributed by atoms with Gasteiger partial charge in [0.2, 0.25) is 0 Å². The van der Waals surface area contributed by atoms with Crippen LogP contribution in [0.1, 0.15) is 19.0 Å². The Hall–Kier alpha value is -1.16. The number of rotatable bonds is 4. The Bertz CT molecular complexity index is 240. The highest BCUT2D eigenvalue weighted by Gasteiger charge is 2.03. The van der Waals surface area contributed by atoms with Gasteiger partial charge in [-0.1, -0.05) is 6.92 Å². The summed E-state index contributed by atoms with van der Waals surface area (Å²) >= 11 is 0. The third-order valence-electron chi connectivity index (χ3n) is 1.93. The van der Waals surface area contributed by atoms with Crippen molar-refractivity contribution in [2.75, 3.05) is 11.9 Å². The second-order valence-corrected chi connectivity index (χ2v) is 3.05. The zero-order chi connectivity index (χ0) is 9.68. The van der Waals surface area contributed by atoms with E-state index in [2.05, 4.69) is 22.4 Å². The van der Waals surface area contributed by atoms with E-state index in [1.165, 1.54) is 0 Å². The van der Waals surface area contributed by atoms with Crippen molar-refractivity contribution < 1.29 is 0 Å². The molecule has 3 N–H and O–H groups in total. The summed E-state index contributed by atoms with van der Waals surface area (Å²) < 4.78 is 0. The molecule has 72 valence electrons. The molecule has 1 aromatic rings. The van der Waals surface area contributed by atoms with Crippen LogP contribution in [0.5, 0.6) is 0 Å². The largest absolute Gasteiger partial charge is 0.365 e. The highest BCUT2D eigenvalue weighted by atomic mass is 15.2. The molecule has 0 bridgehead atoms. The molecule has 0 amide bonds. The van der Waals surface area contributed by atoms with Crippen LogP contribution < -0.4 is 11.1 Å². The maximum absolute atomic E-state index is 5.55. The van der Waals surface area contributed by atoms with Crippen LogP contribution in [0.2, 0.25) is 0 Å². The first-order valence-electron chi connectivity index (χ1n) is 4.53. The van der Waals surface area contributed by atoms with Crippen LogP contribution in [0, 0.1) is 6.92 Å². The predicted octanol–water partition coefficient (Wildman–Crippen LogP) is 0.934. The van der Waals surface area contributed by atoms with Gasteiger partial charge in [-0.25, -0.2) is 0 Å². The van der Waals surface area contributed by atoms with Gasteiger partial charge >= 0.3 is 0 Å². The molecule has 4 heteroatoms. The fourth-order valence-corrected chi connectivity index (χ4v) is 1.01. The van der Waals surface area contributed by atoms with E-state index < -0.39 is 0 Å². The van der Waals surface area contributed by atoms with E-state index in [-0.39, 0.29) is 6.04 Å². The molecule has 13 heavy (non-hydrogen) atoms. The number of hydrogen-bond donors (Lipinski definition) is 2. The van der Waals surface area contributed by atoms with Crippen molar-refractivity contribution in [3.8, 4) is 0 Å². The fraction of sp³-hybridized carbons (Fsp3) is 0.556. The van der Waals surface area contributed by atoms with Gasteiger partial charge < -0.3 is 11.1 Å². The number of nitrogens with two attached hydrogens (primary N) is 1. The maximum atomic E-state index is 5.55. The van der Waals surface area contributed by atoms with Gasteiger partial charge in [0.1, 0.15) is 5.82 Å². The number of aryl methyl sites for hydroxylation is 1. The summed E-state index contributed by atoms with van der Waals surface area (Å²) in [5.41, 5.74) is 6.47. The lowest BCUT2D eigenvalue weighted by atomic mass is 10.2. The molecular formula is C9H16N4. The van der Waals surface area contributed by atoms with Crippen LogP contribution in [-0.2, 0) is 0 Å². The van der Waals surface area contributed by atoms with E-state index in [0.717, 1.165) is 17.9 Å². The van der Waals surface area contributed by atoms with Gasteiger partial charge in [-0.3, -0.25) is 0 Å². The van der Waals surface area contributed by atoms with Crippen molar-refractivity contribution in [1.82, 2.24) is 10.2 Å². The molecule has 4 nitrogen and oxygen atoms in total. The Morgan fingerprint density at radius 3 is 2.69 bits per heavy atom. The molecule has 0 radical (unpaired) electrons. The van der Waals surface area contributed by atoms with Crippen LogP contribution >= 0.6 is 0 Å². The van der Waals surface area contributed by atoms with Crippen LogP contribution in [-0.4, -0.2) is 22.8 Å². The van der Waals surface area contributed by atoms with Crippen LogP contribution in [0.25, 0.3) is 0 Å². The zero-order valence-corrected chi connectivity index (χ0v) is 8.12. The summed E-state index contributed by atoms with van der Waals surface area (Å²) in [6.45, 7) is 4.62. The monoisotopic (exact) mass is 180 g/mol. The quantitative estimate of drug-likeness (QED) is 0.723. The Labute approximate surface area is 78.6 Å². The Morgan fingerprint density at radius 2 is 2.23 bits per heavy atom. The number of nitrogens with one attached hydrogen (secondary N) is 1. The first-order chi connectivity index (χ1) is 6.26. The van der Waals surface area contributed by atoms with Gasteiger partial charge in [0.25, 0.3) is 0 Å². The lowest BCUT2D eigenvalue weighted by Gasteiger charge is -2.14. The average Bonchev–Trinajstić information content (AvgIpc) is 2.17. The molecule has 1 rings (SSSR count). The molecule has 0 saturated carbocycles. The first-order valence-corrected chi connectivity index (χ1v) is 4.53. The van der Waals surface area contributed by atoms with E-state index in [9.17, 15) is 0 Å². The zero-order valence-electron chi connectivity index (χ0n) is 8.12. The second-order valence-electron chi connectivity index (χ2n) is 3.05. The van der Waals surface area contributed by atoms with Gasteiger partial charge in [-0.2, -0.15) is 5.10 Å². The molecule has 0 aliphatic rings. The number of aromatic nitrogens is 2. The lowest BCUT2D eigenvalue weighted by molar-refractivity contribution is 0.697. The molecule has 0 aliphatic heterocycles. The molecule has 0 saturated heterocycles. The molecule has 0 aromatic carbocycles. The van der Waals surface area contributed by atoms with E-state index in [4.69, 9.17) is 5.73 Å². The standard InChI is InChI=1S/C9H16N4/c1-3-8(6-10)11-9-5-4-7(2)12-13-9/h4-5,8H,3,6,10H2,1-2H3,(H,11,13). The highest BCUT2D eigenvalue weighted by Crippen LogP contribution is 2.04. The van der Waals surface area contributed by atoms with Crippen molar-refractivity contribution in [2.45, 2.75) is 26.3 Å². The summed E-state index contributed by atoms with van der Waals surface area (Å²) in [6.07, 6.45) is 0.992. The molecule has 1 atom stereocenters. The van der Waals surface area contributed by atoms with Crippen molar-refractivity contribution >= 4 is 5.82 Å². The van der Waals surface area contributed by atoms with Crippen molar-refractivity contribution in [1.29, 1.82) is 0 Å². The van der Waals surface area contributed by atoms with Crippen LogP contribution in [0.3, 0.4) is 0 Å². The Kier molecular flexibility index (Phi) is 3.64. The predicted molar refractivity (Wildman–Crippen MR) is 53.5 cm³/mol. The molecule has 0 aliphatic carbocycles. The lowest BCUT2D eigenvalue weighted by Crippen LogP contribution is -2.28. The third kappa shape index (κ3) is 2.99. The van der Waals surface area contributed by atoms with Gasteiger partial charge in [0, 0.05) is 12.6 Å². The molecule has 0 fully saturated rings. The summed E-state index contributed by atoms with van der Waals surface area (Å²) in [5, 5.41) is 11.2. The molecule has 0 spiro atoms. The van der Waals surface area contributed by atoms with E-state index >= 15 is 0 Å². The molecule has 1 aromatic heterocycles. The Balaban J connectivity index is 2.58. The molecule has 1 unspecified atom stereocenters. The van der Waals surface area contributed by atoms with Gasteiger partial charge in [0.05, 0.1) is 5.69 Å². The molecular weight excluding hydrogens is 164 g/mol. The summed E-state index contributed by atoms with van der Waals surface area (Å²) in [5.74, 6) is 0.794. The molecule has 1 heterocycles. The number of hydrogen-bond acceptors (Lipinski definition) is 4. The fourth-order valence-electron chi connectivity index (χ4n) is 1.01. The topological polar surface area (TPSA) is 63.8 Å². The van der Waals surface area contributed by atoms with Crippen molar-refractivity contribution in [2.24, 2.45) is 5.73 Å². The summed E-state index contributed by atoms with van der Waals surface area (Å²) in [7, 11) is 0. The van der Waals surface area contributed by atoms with Gasteiger partial charge in [-0.05, 0) is 25.5 Å². The van der Waals surface area contributed by atoms with E-state index in [1.54, 1.807) is 0 Å².